The predicted octanol–water partition coefficient (Wildman–Crippen LogP) is 3.92. The van der Waals surface area contributed by atoms with E-state index in [0.717, 1.165) is 25.7 Å². The van der Waals surface area contributed by atoms with Gasteiger partial charge in [-0.05, 0) is 38.0 Å². The van der Waals surface area contributed by atoms with Gasteiger partial charge in [-0.2, -0.15) is 0 Å². The van der Waals surface area contributed by atoms with Gasteiger partial charge in [0.1, 0.15) is 17.7 Å². The van der Waals surface area contributed by atoms with Gasteiger partial charge in [0.15, 0.2) is 5.69 Å². The lowest BCUT2D eigenvalue weighted by Crippen LogP contribution is -2.24. The molecule has 0 radical (unpaired) electrons. The summed E-state index contributed by atoms with van der Waals surface area (Å²) in [4.78, 5) is 23.2. The highest BCUT2D eigenvalue weighted by molar-refractivity contribution is 5.77. The minimum absolute atomic E-state index is 0.149. The number of H-pyrrole nitrogens is 1. The van der Waals surface area contributed by atoms with Crippen LogP contribution in [0.4, 0.5) is 11.4 Å². The van der Waals surface area contributed by atoms with Crippen LogP contribution in [0.2, 0.25) is 0 Å². The average molecular weight is 328 g/mol. The summed E-state index contributed by atoms with van der Waals surface area (Å²) < 4.78 is 1.65. The summed E-state index contributed by atoms with van der Waals surface area (Å²) in [7, 11) is 0. The van der Waals surface area contributed by atoms with Gasteiger partial charge < -0.3 is 5.11 Å². The van der Waals surface area contributed by atoms with E-state index in [1.54, 1.807) is 11.6 Å². The average Bonchev–Trinajstić information content (AvgIpc) is 2.89. The molecule has 1 saturated carbocycles. The number of aromatic amines is 1. The summed E-state index contributed by atoms with van der Waals surface area (Å²) in [5.41, 5.74) is 1.28. The van der Waals surface area contributed by atoms with Crippen LogP contribution in [-0.4, -0.2) is 21.2 Å². The molecule has 0 amide bonds. The first-order valence-electron chi connectivity index (χ1n) is 8.11. The molecule has 0 atom stereocenters. The number of aryl methyl sites for hydroxylation is 1. The smallest absolute Gasteiger partial charge is 0.294 e. The molecular weight excluding hydrogens is 308 g/mol. The number of azo groups is 1. The molecule has 0 bridgehead atoms. The number of aromatic nitrogens is 2. The Morgan fingerprint density at radius 1 is 1.25 bits per heavy atom. The number of hydrogen-bond acceptors (Lipinski definition) is 5. The van der Waals surface area contributed by atoms with Gasteiger partial charge in [0, 0.05) is 5.56 Å². The Bertz CT molecular complexity index is 829. The molecule has 2 N–H and O–H groups in total. The lowest BCUT2D eigenvalue weighted by atomic mass is 9.96. The molecule has 1 aliphatic carbocycles. The summed E-state index contributed by atoms with van der Waals surface area (Å²) in [5, 5.41) is 20.9. The zero-order valence-electron chi connectivity index (χ0n) is 13.5. The van der Waals surface area contributed by atoms with Gasteiger partial charge in [-0.1, -0.05) is 19.3 Å². The summed E-state index contributed by atoms with van der Waals surface area (Å²) in [6.45, 7) is 1.78. The molecule has 126 valence electrons. The van der Waals surface area contributed by atoms with E-state index in [9.17, 15) is 14.7 Å². The van der Waals surface area contributed by atoms with Crippen molar-refractivity contribution in [2.24, 2.45) is 10.2 Å². The van der Waals surface area contributed by atoms with Gasteiger partial charge in [-0.25, -0.2) is 4.68 Å². The lowest BCUT2D eigenvalue weighted by molar-refractivity contribution is 0.112. The Morgan fingerprint density at radius 2 is 2.00 bits per heavy atom. The van der Waals surface area contributed by atoms with E-state index < -0.39 is 0 Å². The molecule has 0 saturated heterocycles. The van der Waals surface area contributed by atoms with Gasteiger partial charge in [-0.15, -0.1) is 10.2 Å². The third-order valence-electron chi connectivity index (χ3n) is 4.40. The minimum atomic E-state index is -0.188. The molecule has 2 aromatic rings. The van der Waals surface area contributed by atoms with Crippen molar-refractivity contribution in [2.75, 3.05) is 0 Å². The van der Waals surface area contributed by atoms with Crippen LogP contribution in [0.25, 0.3) is 0 Å². The van der Waals surface area contributed by atoms with Crippen LogP contribution in [0.15, 0.2) is 33.2 Å². The first-order chi connectivity index (χ1) is 11.6. The molecule has 1 aromatic heterocycles. The molecule has 0 aliphatic heterocycles. The maximum absolute atomic E-state index is 12.6. The standard InChI is InChI=1S/C17H20N4O3/c1-11-16(17(24)21(20-11)13-5-3-2-4-6-13)19-18-14-8-7-12(10-22)9-15(14)23/h7-10,13,20,23H,2-6H2,1H3. The Kier molecular flexibility index (Phi) is 4.59. The van der Waals surface area contributed by atoms with Crippen molar-refractivity contribution >= 4 is 17.7 Å². The second-order valence-corrected chi connectivity index (χ2v) is 6.12. The molecule has 0 spiro atoms. The number of nitrogens with zero attached hydrogens (tertiary/aromatic N) is 3. The van der Waals surface area contributed by atoms with Crippen molar-refractivity contribution in [2.45, 2.75) is 45.1 Å². The molecule has 1 aromatic carbocycles. The van der Waals surface area contributed by atoms with E-state index in [0.29, 0.717) is 17.5 Å². The fraction of sp³-hybridized carbons (Fsp3) is 0.412. The topological polar surface area (TPSA) is 99.8 Å². The van der Waals surface area contributed by atoms with Crippen molar-refractivity contribution in [3.63, 3.8) is 0 Å². The van der Waals surface area contributed by atoms with E-state index in [1.807, 2.05) is 0 Å². The second kappa shape index (κ2) is 6.82. The molecule has 1 fully saturated rings. The molecule has 7 nitrogen and oxygen atoms in total. The van der Waals surface area contributed by atoms with Gasteiger partial charge in [0.2, 0.25) is 0 Å². The number of carbonyl (C=O) groups excluding carboxylic acids is 1. The normalized spacial score (nSPS) is 15.9. The van der Waals surface area contributed by atoms with Crippen LogP contribution in [0.5, 0.6) is 5.75 Å². The van der Waals surface area contributed by atoms with E-state index >= 15 is 0 Å². The number of benzene rings is 1. The summed E-state index contributed by atoms with van der Waals surface area (Å²) in [6, 6.07) is 4.52. The third-order valence-corrected chi connectivity index (χ3v) is 4.40. The lowest BCUT2D eigenvalue weighted by Gasteiger charge is -2.21. The highest BCUT2D eigenvalue weighted by Gasteiger charge is 2.20. The van der Waals surface area contributed by atoms with Gasteiger partial charge in [-0.3, -0.25) is 14.7 Å². The highest BCUT2D eigenvalue weighted by atomic mass is 16.3. The molecule has 7 heteroatoms. The van der Waals surface area contributed by atoms with Gasteiger partial charge in [0.05, 0.1) is 11.7 Å². The summed E-state index contributed by atoms with van der Waals surface area (Å²) in [6.07, 6.45) is 6.09. The minimum Gasteiger partial charge on any atom is -0.506 e. The van der Waals surface area contributed by atoms with Crippen LogP contribution in [0, 0.1) is 6.92 Å². The van der Waals surface area contributed by atoms with Crippen LogP contribution in [0.1, 0.15) is 54.2 Å². The van der Waals surface area contributed by atoms with E-state index in [4.69, 9.17) is 0 Å². The SMILES string of the molecule is Cc1[nH]n(C2CCCCC2)c(=O)c1N=Nc1ccc(C=O)cc1O. The number of aldehydes is 1. The van der Waals surface area contributed by atoms with Crippen molar-refractivity contribution in [1.29, 1.82) is 0 Å². The third kappa shape index (κ3) is 3.15. The van der Waals surface area contributed by atoms with Crippen molar-refractivity contribution in [3.05, 3.63) is 39.8 Å². The van der Waals surface area contributed by atoms with Gasteiger partial charge in [0.25, 0.3) is 5.56 Å². The number of hydrogen-bond donors (Lipinski definition) is 2. The Morgan fingerprint density at radius 3 is 2.67 bits per heavy atom. The fourth-order valence-electron chi connectivity index (χ4n) is 3.08. The van der Waals surface area contributed by atoms with Crippen LogP contribution < -0.4 is 5.56 Å². The zero-order valence-corrected chi connectivity index (χ0v) is 13.5. The highest BCUT2D eigenvalue weighted by Crippen LogP contribution is 2.30. The van der Waals surface area contributed by atoms with Crippen LogP contribution >= 0.6 is 0 Å². The van der Waals surface area contributed by atoms with E-state index in [-0.39, 0.29) is 28.7 Å². The quantitative estimate of drug-likeness (QED) is 0.657. The van der Waals surface area contributed by atoms with E-state index in [2.05, 4.69) is 15.3 Å². The molecule has 1 aliphatic rings. The fourth-order valence-corrected chi connectivity index (χ4v) is 3.08. The molecule has 1 heterocycles. The monoisotopic (exact) mass is 328 g/mol. The molecule has 3 rings (SSSR count). The van der Waals surface area contributed by atoms with Crippen molar-refractivity contribution < 1.29 is 9.90 Å². The number of phenols is 1. The summed E-state index contributed by atoms with van der Waals surface area (Å²) >= 11 is 0. The molecular formula is C17H20N4O3. The molecule has 0 unspecified atom stereocenters. The zero-order chi connectivity index (χ0) is 17.1. The Balaban J connectivity index is 1.88. The Labute approximate surface area is 139 Å². The van der Waals surface area contributed by atoms with E-state index in [1.165, 1.54) is 24.6 Å². The van der Waals surface area contributed by atoms with Crippen LogP contribution in [0.3, 0.4) is 0 Å². The van der Waals surface area contributed by atoms with Crippen molar-refractivity contribution in [1.82, 2.24) is 9.78 Å². The second-order valence-electron chi connectivity index (χ2n) is 6.12. The first-order valence-corrected chi connectivity index (χ1v) is 8.11. The maximum Gasteiger partial charge on any atom is 0.294 e. The largest absolute Gasteiger partial charge is 0.506 e. The van der Waals surface area contributed by atoms with Crippen LogP contribution in [-0.2, 0) is 0 Å². The van der Waals surface area contributed by atoms with Crippen molar-refractivity contribution in [3.8, 4) is 5.75 Å². The summed E-state index contributed by atoms with van der Waals surface area (Å²) in [5.74, 6) is -0.149. The Hall–Kier alpha value is -2.70. The maximum atomic E-state index is 12.6. The number of aromatic hydroxyl groups is 1. The number of nitrogens with one attached hydrogen (secondary N) is 1. The predicted molar refractivity (Wildman–Crippen MR) is 89.6 cm³/mol. The molecule has 24 heavy (non-hydrogen) atoms. The number of rotatable bonds is 4. The number of carbonyl (C=O) groups is 1. The first kappa shape index (κ1) is 16.2. The van der Waals surface area contributed by atoms with Gasteiger partial charge >= 0.3 is 0 Å². The number of phenolic OH excluding ortho intramolecular Hbond substituents is 1.